The largest absolute Gasteiger partial charge is 0.494 e. The summed E-state index contributed by atoms with van der Waals surface area (Å²) in [6.45, 7) is 10.4. The van der Waals surface area contributed by atoms with Crippen LogP contribution in [0.1, 0.15) is 40.2 Å². The average molecular weight is 291 g/mol. The van der Waals surface area contributed by atoms with Gasteiger partial charge in [0.15, 0.2) is 0 Å². The number of aliphatic hydroxyl groups is 1. The Labute approximate surface area is 126 Å². The van der Waals surface area contributed by atoms with Gasteiger partial charge in [-0.2, -0.15) is 0 Å². The number of amides is 1. The van der Waals surface area contributed by atoms with Crippen LogP contribution >= 0.6 is 0 Å². The molecule has 0 aliphatic carbocycles. The van der Waals surface area contributed by atoms with Gasteiger partial charge in [-0.1, -0.05) is 26.3 Å². The molecular weight excluding hydrogens is 266 g/mol. The molecule has 0 aromatic heterocycles. The molecule has 0 saturated carbocycles. The van der Waals surface area contributed by atoms with Crippen LogP contribution in [0.5, 0.6) is 5.75 Å². The van der Waals surface area contributed by atoms with Crippen LogP contribution in [0.2, 0.25) is 0 Å². The van der Waals surface area contributed by atoms with Gasteiger partial charge in [-0.3, -0.25) is 4.79 Å². The van der Waals surface area contributed by atoms with Crippen LogP contribution in [-0.2, 0) is 11.4 Å². The number of aliphatic hydroxyl groups excluding tert-OH is 1. The molecule has 1 amide bonds. The minimum absolute atomic E-state index is 0.0353. The Hall–Kier alpha value is -1.81. The van der Waals surface area contributed by atoms with Crippen LogP contribution in [0.25, 0.3) is 0 Å². The van der Waals surface area contributed by atoms with E-state index < -0.39 is 0 Å². The van der Waals surface area contributed by atoms with E-state index in [1.165, 1.54) is 0 Å². The van der Waals surface area contributed by atoms with Gasteiger partial charge in [0.2, 0.25) is 5.91 Å². The Morgan fingerprint density at radius 3 is 2.57 bits per heavy atom. The summed E-state index contributed by atoms with van der Waals surface area (Å²) in [5.74, 6) is 0.467. The number of ether oxygens (including phenoxy) is 1. The van der Waals surface area contributed by atoms with E-state index in [1.807, 2.05) is 13.8 Å². The fourth-order valence-electron chi connectivity index (χ4n) is 1.67. The molecule has 0 radical (unpaired) electrons. The fraction of sp³-hybridized carbons (Fsp3) is 0.471. The first-order valence-electron chi connectivity index (χ1n) is 7.14. The number of allylic oxidation sites excluding steroid dienone is 1. The number of benzene rings is 1. The van der Waals surface area contributed by atoms with Crippen LogP contribution in [0.3, 0.4) is 0 Å². The van der Waals surface area contributed by atoms with Crippen molar-refractivity contribution >= 4 is 11.6 Å². The second kappa shape index (κ2) is 7.27. The summed E-state index contributed by atoms with van der Waals surface area (Å²) < 4.78 is 5.41. The first kappa shape index (κ1) is 17.2. The lowest BCUT2D eigenvalue weighted by Gasteiger charge is -2.19. The zero-order valence-corrected chi connectivity index (χ0v) is 13.5. The summed E-state index contributed by atoms with van der Waals surface area (Å²) in [7, 11) is 0. The lowest BCUT2D eigenvalue weighted by molar-refractivity contribution is -0.112. The SMILES string of the molecule is CCOc1ccc(NC(=O)/C=C(/C)C(C)(C)C)cc1CO. The molecule has 4 heteroatoms. The van der Waals surface area contributed by atoms with Crippen molar-refractivity contribution < 1.29 is 14.6 Å². The Balaban J connectivity index is 2.86. The summed E-state index contributed by atoms with van der Waals surface area (Å²) in [5, 5.41) is 12.2. The van der Waals surface area contributed by atoms with E-state index in [4.69, 9.17) is 4.74 Å². The number of rotatable bonds is 5. The van der Waals surface area contributed by atoms with Crippen LogP contribution in [0.15, 0.2) is 29.8 Å². The lowest BCUT2D eigenvalue weighted by Crippen LogP contribution is -2.13. The molecule has 0 spiro atoms. The third-order valence-electron chi connectivity index (χ3n) is 3.33. The Bertz CT molecular complexity index is 527. The number of carbonyl (C=O) groups is 1. The molecule has 1 aromatic carbocycles. The molecule has 1 rings (SSSR count). The van der Waals surface area contributed by atoms with Crippen molar-refractivity contribution in [3.05, 3.63) is 35.4 Å². The van der Waals surface area contributed by atoms with E-state index in [-0.39, 0.29) is 17.9 Å². The van der Waals surface area contributed by atoms with Gasteiger partial charge in [0.1, 0.15) is 5.75 Å². The highest BCUT2D eigenvalue weighted by atomic mass is 16.5. The topological polar surface area (TPSA) is 58.6 Å². The molecular formula is C17H25NO3. The molecule has 0 bridgehead atoms. The van der Waals surface area contributed by atoms with Gasteiger partial charge in [0.05, 0.1) is 13.2 Å². The Morgan fingerprint density at radius 2 is 2.05 bits per heavy atom. The first-order valence-corrected chi connectivity index (χ1v) is 7.14. The average Bonchev–Trinajstić information content (AvgIpc) is 2.39. The minimum Gasteiger partial charge on any atom is -0.494 e. The molecule has 0 atom stereocenters. The van der Waals surface area contributed by atoms with Crippen LogP contribution in [-0.4, -0.2) is 17.6 Å². The van der Waals surface area contributed by atoms with Gasteiger partial charge < -0.3 is 15.2 Å². The van der Waals surface area contributed by atoms with Gasteiger partial charge >= 0.3 is 0 Å². The molecule has 0 unspecified atom stereocenters. The van der Waals surface area contributed by atoms with E-state index in [1.54, 1.807) is 24.3 Å². The van der Waals surface area contributed by atoms with Crippen molar-refractivity contribution in [3.8, 4) is 5.75 Å². The molecule has 2 N–H and O–H groups in total. The molecule has 0 aliphatic rings. The zero-order chi connectivity index (χ0) is 16.0. The van der Waals surface area contributed by atoms with Crippen molar-refractivity contribution in [1.29, 1.82) is 0 Å². The number of anilines is 1. The molecule has 4 nitrogen and oxygen atoms in total. The van der Waals surface area contributed by atoms with Crippen molar-refractivity contribution in [1.82, 2.24) is 0 Å². The van der Waals surface area contributed by atoms with Crippen LogP contribution in [0, 0.1) is 5.41 Å². The molecule has 116 valence electrons. The van der Waals surface area contributed by atoms with Crippen LogP contribution in [0.4, 0.5) is 5.69 Å². The summed E-state index contributed by atoms with van der Waals surface area (Å²) in [6.07, 6.45) is 1.61. The fourth-order valence-corrected chi connectivity index (χ4v) is 1.67. The third-order valence-corrected chi connectivity index (χ3v) is 3.33. The van der Waals surface area contributed by atoms with Gasteiger partial charge in [0.25, 0.3) is 0 Å². The highest BCUT2D eigenvalue weighted by Gasteiger charge is 2.14. The molecule has 0 saturated heterocycles. The standard InChI is InChI=1S/C17H25NO3/c1-6-21-15-8-7-14(10-13(15)11-19)18-16(20)9-12(2)17(3,4)5/h7-10,19H,6,11H2,1-5H3,(H,18,20)/b12-9-. The Kier molecular flexibility index (Phi) is 5.97. The van der Waals surface area contributed by atoms with Gasteiger partial charge in [-0.05, 0) is 37.5 Å². The second-order valence-corrected chi connectivity index (χ2v) is 5.98. The monoisotopic (exact) mass is 291 g/mol. The van der Waals surface area contributed by atoms with Crippen molar-refractivity contribution in [3.63, 3.8) is 0 Å². The maximum Gasteiger partial charge on any atom is 0.248 e. The van der Waals surface area contributed by atoms with E-state index in [0.717, 1.165) is 5.57 Å². The maximum atomic E-state index is 12.0. The Morgan fingerprint density at radius 1 is 1.38 bits per heavy atom. The van der Waals surface area contributed by atoms with E-state index in [2.05, 4.69) is 26.1 Å². The van der Waals surface area contributed by atoms with Gasteiger partial charge in [0, 0.05) is 17.3 Å². The third kappa shape index (κ3) is 5.23. The number of nitrogens with one attached hydrogen (secondary N) is 1. The van der Waals surface area contributed by atoms with Crippen molar-refractivity contribution in [2.45, 2.75) is 41.2 Å². The smallest absolute Gasteiger partial charge is 0.248 e. The summed E-state index contributed by atoms with van der Waals surface area (Å²) in [6, 6.07) is 5.25. The van der Waals surface area contributed by atoms with E-state index >= 15 is 0 Å². The van der Waals surface area contributed by atoms with E-state index in [0.29, 0.717) is 23.6 Å². The molecule has 1 aromatic rings. The summed E-state index contributed by atoms with van der Waals surface area (Å²) in [4.78, 5) is 12.0. The normalized spacial score (nSPS) is 12.2. The quantitative estimate of drug-likeness (QED) is 0.816. The van der Waals surface area contributed by atoms with Gasteiger partial charge in [-0.15, -0.1) is 0 Å². The summed E-state index contributed by atoms with van der Waals surface area (Å²) in [5.41, 5.74) is 2.27. The van der Waals surface area contributed by atoms with Gasteiger partial charge in [-0.25, -0.2) is 0 Å². The van der Waals surface area contributed by atoms with Crippen molar-refractivity contribution in [2.24, 2.45) is 5.41 Å². The number of hydrogen-bond acceptors (Lipinski definition) is 3. The molecule has 0 aliphatic heterocycles. The van der Waals surface area contributed by atoms with Crippen molar-refractivity contribution in [2.75, 3.05) is 11.9 Å². The maximum absolute atomic E-state index is 12.0. The zero-order valence-electron chi connectivity index (χ0n) is 13.5. The second-order valence-electron chi connectivity index (χ2n) is 5.98. The minimum atomic E-state index is -0.171. The van der Waals surface area contributed by atoms with E-state index in [9.17, 15) is 9.90 Å². The highest BCUT2D eigenvalue weighted by molar-refractivity contribution is 5.99. The predicted octanol–water partition coefficient (Wildman–Crippen LogP) is 3.51. The lowest BCUT2D eigenvalue weighted by atomic mass is 9.87. The molecule has 0 fully saturated rings. The van der Waals surface area contributed by atoms with Crippen LogP contribution < -0.4 is 10.1 Å². The molecule has 0 heterocycles. The number of carbonyl (C=O) groups excluding carboxylic acids is 1. The summed E-state index contributed by atoms with van der Waals surface area (Å²) >= 11 is 0. The number of hydrogen-bond donors (Lipinski definition) is 2. The first-order chi connectivity index (χ1) is 9.77. The predicted molar refractivity (Wildman–Crippen MR) is 85.4 cm³/mol. The molecule has 21 heavy (non-hydrogen) atoms. The highest BCUT2D eigenvalue weighted by Crippen LogP contribution is 2.25.